The maximum atomic E-state index is 12.5. The molecular formula is C21H16N4O3. The summed E-state index contributed by atoms with van der Waals surface area (Å²) in [5.74, 6) is -0.472. The number of anilines is 1. The molecular weight excluding hydrogens is 356 g/mol. The predicted molar refractivity (Wildman–Crippen MR) is 104 cm³/mol. The van der Waals surface area contributed by atoms with Crippen LogP contribution < -0.4 is 11.1 Å². The summed E-state index contributed by atoms with van der Waals surface area (Å²) in [4.78, 5) is 28.8. The van der Waals surface area contributed by atoms with Crippen molar-refractivity contribution in [2.24, 2.45) is 0 Å². The molecule has 0 saturated heterocycles. The standard InChI is InChI=1S/C21H16N4O3/c26-20(23-17-9-2-1-3-10-17)16-8-6-7-15(13-16)14-25-19(24-28-21(25)27)18-11-4-5-12-22-18/h1-13H,14H2,(H,23,26). The van der Waals surface area contributed by atoms with Crippen LogP contribution in [0.4, 0.5) is 5.69 Å². The minimum atomic E-state index is -0.584. The van der Waals surface area contributed by atoms with Gasteiger partial charge in [0.2, 0.25) is 5.82 Å². The molecule has 0 atom stereocenters. The van der Waals surface area contributed by atoms with Gasteiger partial charge in [-0.2, -0.15) is 0 Å². The smallest absolute Gasteiger partial charge is 0.322 e. The molecule has 28 heavy (non-hydrogen) atoms. The summed E-state index contributed by atoms with van der Waals surface area (Å²) in [6, 6.07) is 21.6. The molecule has 7 heteroatoms. The number of pyridine rings is 1. The Balaban J connectivity index is 1.59. The van der Waals surface area contributed by atoms with Gasteiger partial charge in [0, 0.05) is 17.4 Å². The van der Waals surface area contributed by atoms with Crippen molar-refractivity contribution in [3.8, 4) is 11.5 Å². The predicted octanol–water partition coefficient (Wildman–Crippen LogP) is 3.20. The Morgan fingerprint density at radius 3 is 2.61 bits per heavy atom. The maximum absolute atomic E-state index is 12.5. The quantitative estimate of drug-likeness (QED) is 0.581. The van der Waals surface area contributed by atoms with Crippen LogP contribution >= 0.6 is 0 Å². The number of hydrogen-bond acceptors (Lipinski definition) is 5. The van der Waals surface area contributed by atoms with E-state index in [4.69, 9.17) is 4.52 Å². The van der Waals surface area contributed by atoms with Crippen LogP contribution in [0.1, 0.15) is 15.9 Å². The Kier molecular flexibility index (Phi) is 4.79. The summed E-state index contributed by atoms with van der Waals surface area (Å²) in [6.07, 6.45) is 1.62. The molecule has 2 aromatic heterocycles. The van der Waals surface area contributed by atoms with Gasteiger partial charge in [-0.25, -0.2) is 4.79 Å². The Labute approximate surface area is 160 Å². The lowest BCUT2D eigenvalue weighted by Crippen LogP contribution is -2.17. The molecule has 2 aromatic carbocycles. The zero-order chi connectivity index (χ0) is 19.3. The number of benzene rings is 2. The molecule has 0 unspecified atom stereocenters. The fourth-order valence-corrected chi connectivity index (χ4v) is 2.81. The number of rotatable bonds is 5. The van der Waals surface area contributed by atoms with Crippen LogP contribution in [-0.2, 0) is 6.54 Å². The Bertz CT molecular complexity index is 1150. The normalized spacial score (nSPS) is 10.6. The van der Waals surface area contributed by atoms with E-state index < -0.39 is 5.76 Å². The van der Waals surface area contributed by atoms with E-state index in [-0.39, 0.29) is 12.5 Å². The molecule has 0 saturated carbocycles. The molecule has 1 N–H and O–H groups in total. The van der Waals surface area contributed by atoms with Crippen LogP contribution in [0.15, 0.2) is 88.3 Å². The molecule has 0 aliphatic carbocycles. The third kappa shape index (κ3) is 3.73. The van der Waals surface area contributed by atoms with Crippen molar-refractivity contribution in [1.29, 1.82) is 0 Å². The van der Waals surface area contributed by atoms with E-state index in [2.05, 4.69) is 15.5 Å². The molecule has 2 heterocycles. The Hall–Kier alpha value is -4.00. The number of nitrogens with zero attached hydrogens (tertiary/aromatic N) is 3. The Morgan fingerprint density at radius 2 is 1.82 bits per heavy atom. The van der Waals surface area contributed by atoms with Gasteiger partial charge in [0.25, 0.3) is 5.91 Å². The van der Waals surface area contributed by atoms with Gasteiger partial charge in [0.05, 0.1) is 6.54 Å². The summed E-state index contributed by atoms with van der Waals surface area (Å²) in [6.45, 7) is 0.209. The topological polar surface area (TPSA) is 90.0 Å². The van der Waals surface area contributed by atoms with Crippen molar-refractivity contribution >= 4 is 11.6 Å². The minimum absolute atomic E-state index is 0.209. The summed E-state index contributed by atoms with van der Waals surface area (Å²) < 4.78 is 6.20. The number of aromatic nitrogens is 3. The van der Waals surface area contributed by atoms with E-state index >= 15 is 0 Å². The van der Waals surface area contributed by atoms with Gasteiger partial charge in [0.1, 0.15) is 5.69 Å². The Morgan fingerprint density at radius 1 is 1.00 bits per heavy atom. The van der Waals surface area contributed by atoms with Crippen molar-refractivity contribution in [2.75, 3.05) is 5.32 Å². The molecule has 4 aromatic rings. The number of carbonyl (C=O) groups is 1. The van der Waals surface area contributed by atoms with Gasteiger partial charge in [0.15, 0.2) is 0 Å². The van der Waals surface area contributed by atoms with Gasteiger partial charge in [-0.05, 0) is 42.0 Å². The highest BCUT2D eigenvalue weighted by molar-refractivity contribution is 6.04. The highest BCUT2D eigenvalue weighted by Gasteiger charge is 2.15. The van der Waals surface area contributed by atoms with E-state index in [1.165, 1.54) is 4.57 Å². The van der Waals surface area contributed by atoms with Crippen LogP contribution in [0, 0.1) is 0 Å². The summed E-state index contributed by atoms with van der Waals surface area (Å²) in [7, 11) is 0. The number of carbonyl (C=O) groups excluding carboxylic acids is 1. The average Bonchev–Trinajstić information content (AvgIpc) is 3.10. The number of amides is 1. The second kappa shape index (κ2) is 7.71. The van der Waals surface area contributed by atoms with Gasteiger partial charge < -0.3 is 5.32 Å². The lowest BCUT2D eigenvalue weighted by atomic mass is 10.1. The summed E-state index contributed by atoms with van der Waals surface area (Å²) in [5, 5.41) is 6.67. The van der Waals surface area contributed by atoms with Gasteiger partial charge in [-0.1, -0.05) is 41.6 Å². The molecule has 4 rings (SSSR count). The van der Waals surface area contributed by atoms with Crippen molar-refractivity contribution in [3.05, 3.63) is 101 Å². The highest BCUT2D eigenvalue weighted by atomic mass is 16.5. The lowest BCUT2D eigenvalue weighted by Gasteiger charge is -2.08. The molecule has 1 amide bonds. The molecule has 0 aliphatic heterocycles. The van der Waals surface area contributed by atoms with Crippen LogP contribution in [0.5, 0.6) is 0 Å². The van der Waals surface area contributed by atoms with Crippen LogP contribution in [-0.4, -0.2) is 20.6 Å². The third-order valence-corrected chi connectivity index (χ3v) is 4.14. The largest absolute Gasteiger partial charge is 0.442 e. The maximum Gasteiger partial charge on any atom is 0.442 e. The van der Waals surface area contributed by atoms with Crippen LogP contribution in [0.2, 0.25) is 0 Å². The average molecular weight is 372 g/mol. The first-order valence-electron chi connectivity index (χ1n) is 8.64. The zero-order valence-electron chi connectivity index (χ0n) is 14.8. The van der Waals surface area contributed by atoms with Crippen molar-refractivity contribution in [2.45, 2.75) is 6.54 Å². The molecule has 0 bridgehead atoms. The van der Waals surface area contributed by atoms with Gasteiger partial charge in [-0.3, -0.25) is 18.9 Å². The van der Waals surface area contributed by atoms with Gasteiger partial charge >= 0.3 is 5.76 Å². The zero-order valence-corrected chi connectivity index (χ0v) is 14.8. The van der Waals surface area contributed by atoms with Crippen molar-refractivity contribution < 1.29 is 9.32 Å². The number of hydrogen-bond donors (Lipinski definition) is 1. The van der Waals surface area contributed by atoms with E-state index in [1.807, 2.05) is 36.4 Å². The first-order valence-corrected chi connectivity index (χ1v) is 8.64. The second-order valence-corrected chi connectivity index (χ2v) is 6.09. The van der Waals surface area contributed by atoms with Crippen molar-refractivity contribution in [1.82, 2.24) is 14.7 Å². The molecule has 0 radical (unpaired) electrons. The van der Waals surface area contributed by atoms with E-state index in [1.54, 1.807) is 42.6 Å². The van der Waals surface area contributed by atoms with Crippen LogP contribution in [0.25, 0.3) is 11.5 Å². The number of nitrogens with one attached hydrogen (secondary N) is 1. The first kappa shape index (κ1) is 17.4. The SMILES string of the molecule is O=C(Nc1ccccc1)c1cccc(Cn2c(-c3ccccn3)noc2=O)c1. The molecule has 0 fully saturated rings. The van der Waals surface area contributed by atoms with Crippen molar-refractivity contribution in [3.63, 3.8) is 0 Å². The second-order valence-electron chi connectivity index (χ2n) is 6.09. The molecule has 0 aliphatic rings. The number of para-hydroxylation sites is 1. The summed E-state index contributed by atoms with van der Waals surface area (Å²) >= 11 is 0. The van der Waals surface area contributed by atoms with E-state index in [9.17, 15) is 9.59 Å². The minimum Gasteiger partial charge on any atom is -0.322 e. The molecule has 138 valence electrons. The van der Waals surface area contributed by atoms with E-state index in [0.717, 1.165) is 5.56 Å². The monoisotopic (exact) mass is 372 g/mol. The molecule has 0 spiro atoms. The summed E-state index contributed by atoms with van der Waals surface area (Å²) in [5.41, 5.74) is 2.50. The fraction of sp³-hybridized carbons (Fsp3) is 0.0476. The van der Waals surface area contributed by atoms with Crippen LogP contribution in [0.3, 0.4) is 0 Å². The molecule has 7 nitrogen and oxygen atoms in total. The first-order chi connectivity index (χ1) is 13.7. The van der Waals surface area contributed by atoms with E-state index in [0.29, 0.717) is 22.8 Å². The van der Waals surface area contributed by atoms with Gasteiger partial charge in [-0.15, -0.1) is 0 Å². The lowest BCUT2D eigenvalue weighted by molar-refractivity contribution is 0.102. The third-order valence-electron chi connectivity index (χ3n) is 4.14. The fourth-order valence-electron chi connectivity index (χ4n) is 2.81. The highest BCUT2D eigenvalue weighted by Crippen LogP contribution is 2.15.